The Bertz CT molecular complexity index is 304. The van der Waals surface area contributed by atoms with Crippen molar-refractivity contribution in [1.82, 2.24) is 10.2 Å². The standard InChI is InChI=1S/C9H14Cl2N2O2/c1-8(5-9(8,10)11)7(15)12-4-6(14)13(2)3/h4-5H2,1-3H3,(H,12,15)/t8-/m1/s1. The van der Waals surface area contributed by atoms with Crippen LogP contribution < -0.4 is 5.32 Å². The maximum atomic E-state index is 11.6. The number of carbonyl (C=O) groups is 2. The van der Waals surface area contributed by atoms with Gasteiger partial charge in [0.1, 0.15) is 4.33 Å². The summed E-state index contributed by atoms with van der Waals surface area (Å²) in [4.78, 5) is 24.2. The van der Waals surface area contributed by atoms with Crippen molar-refractivity contribution in [1.29, 1.82) is 0 Å². The van der Waals surface area contributed by atoms with Gasteiger partial charge in [-0.05, 0) is 13.3 Å². The van der Waals surface area contributed by atoms with E-state index >= 15 is 0 Å². The molecule has 0 heterocycles. The molecule has 0 saturated heterocycles. The van der Waals surface area contributed by atoms with Crippen molar-refractivity contribution in [2.75, 3.05) is 20.6 Å². The summed E-state index contributed by atoms with van der Waals surface area (Å²) in [5, 5.41) is 2.52. The first kappa shape index (κ1) is 12.6. The fourth-order valence-electron chi connectivity index (χ4n) is 1.16. The summed E-state index contributed by atoms with van der Waals surface area (Å²) in [6.45, 7) is 1.66. The molecule has 0 unspecified atom stereocenters. The number of nitrogens with zero attached hydrogens (tertiary/aromatic N) is 1. The van der Waals surface area contributed by atoms with Gasteiger partial charge in [-0.2, -0.15) is 0 Å². The Kier molecular flexibility index (Phi) is 3.22. The summed E-state index contributed by atoms with van der Waals surface area (Å²) in [6, 6.07) is 0. The number of rotatable bonds is 3. The second-order valence-electron chi connectivity index (χ2n) is 4.18. The van der Waals surface area contributed by atoms with Gasteiger partial charge in [-0.1, -0.05) is 0 Å². The van der Waals surface area contributed by atoms with Gasteiger partial charge in [0.25, 0.3) is 0 Å². The van der Waals surface area contributed by atoms with Crippen molar-refractivity contribution in [2.45, 2.75) is 17.7 Å². The van der Waals surface area contributed by atoms with Crippen molar-refractivity contribution >= 4 is 35.0 Å². The highest BCUT2D eigenvalue weighted by Gasteiger charge is 2.67. The Morgan fingerprint density at radius 2 is 1.87 bits per heavy atom. The zero-order valence-corrected chi connectivity index (χ0v) is 10.4. The topological polar surface area (TPSA) is 49.4 Å². The first-order valence-electron chi connectivity index (χ1n) is 4.57. The molecule has 1 rings (SSSR count). The Morgan fingerprint density at radius 3 is 2.20 bits per heavy atom. The molecule has 86 valence electrons. The van der Waals surface area contributed by atoms with Crippen molar-refractivity contribution in [3.8, 4) is 0 Å². The Hall–Kier alpha value is -0.480. The number of hydrogen-bond donors (Lipinski definition) is 1. The van der Waals surface area contributed by atoms with Crippen LogP contribution in [0.4, 0.5) is 0 Å². The number of amides is 2. The predicted molar refractivity (Wildman–Crippen MR) is 58.9 cm³/mol. The molecule has 1 fully saturated rings. The van der Waals surface area contributed by atoms with E-state index in [1.54, 1.807) is 21.0 Å². The second kappa shape index (κ2) is 3.83. The monoisotopic (exact) mass is 252 g/mol. The summed E-state index contributed by atoms with van der Waals surface area (Å²) in [6.07, 6.45) is 0.422. The Balaban J connectivity index is 2.42. The predicted octanol–water partition coefficient (Wildman–Crippen LogP) is 0.775. The van der Waals surface area contributed by atoms with Crippen molar-refractivity contribution in [3.05, 3.63) is 0 Å². The van der Waals surface area contributed by atoms with Crippen molar-refractivity contribution < 1.29 is 9.59 Å². The highest BCUT2D eigenvalue weighted by atomic mass is 35.5. The minimum Gasteiger partial charge on any atom is -0.347 e. The molecule has 15 heavy (non-hydrogen) atoms. The van der Waals surface area contributed by atoms with Gasteiger partial charge in [0, 0.05) is 14.1 Å². The van der Waals surface area contributed by atoms with Crippen LogP contribution in [-0.4, -0.2) is 41.7 Å². The number of hydrogen-bond acceptors (Lipinski definition) is 2. The fraction of sp³-hybridized carbons (Fsp3) is 0.778. The van der Waals surface area contributed by atoms with Gasteiger partial charge in [-0.15, -0.1) is 23.2 Å². The van der Waals surface area contributed by atoms with E-state index in [-0.39, 0.29) is 18.4 Å². The fourth-order valence-corrected chi connectivity index (χ4v) is 1.86. The van der Waals surface area contributed by atoms with Crippen LogP contribution in [0.15, 0.2) is 0 Å². The first-order chi connectivity index (χ1) is 6.71. The lowest BCUT2D eigenvalue weighted by Crippen LogP contribution is -2.40. The van der Waals surface area contributed by atoms with Crippen LogP contribution in [0.3, 0.4) is 0 Å². The molecular formula is C9H14Cl2N2O2. The van der Waals surface area contributed by atoms with Crippen LogP contribution in [0.25, 0.3) is 0 Å². The van der Waals surface area contributed by atoms with Gasteiger partial charge in [-0.3, -0.25) is 9.59 Å². The zero-order chi connectivity index (χ0) is 11.9. The minimum absolute atomic E-state index is 0.0225. The van der Waals surface area contributed by atoms with Gasteiger partial charge in [-0.25, -0.2) is 0 Å². The molecule has 1 atom stereocenters. The van der Waals surface area contributed by atoms with Crippen LogP contribution >= 0.6 is 23.2 Å². The van der Waals surface area contributed by atoms with Crippen LogP contribution in [0, 0.1) is 5.41 Å². The molecule has 1 aliphatic carbocycles. The van der Waals surface area contributed by atoms with Gasteiger partial charge in [0.15, 0.2) is 0 Å². The quantitative estimate of drug-likeness (QED) is 0.755. The molecule has 1 N–H and O–H groups in total. The smallest absolute Gasteiger partial charge is 0.241 e. The third-order valence-electron chi connectivity index (χ3n) is 2.66. The summed E-state index contributed by atoms with van der Waals surface area (Å²) < 4.78 is -0.988. The SMILES string of the molecule is CN(C)C(=O)CNC(=O)[C@@]1(C)CC1(Cl)Cl. The number of halogens is 2. The molecule has 0 spiro atoms. The van der Waals surface area contributed by atoms with Gasteiger partial charge >= 0.3 is 0 Å². The van der Waals surface area contributed by atoms with E-state index in [4.69, 9.17) is 23.2 Å². The molecule has 0 radical (unpaired) electrons. The third-order valence-corrected chi connectivity index (χ3v) is 3.76. The van der Waals surface area contributed by atoms with Gasteiger partial charge < -0.3 is 10.2 Å². The molecular weight excluding hydrogens is 239 g/mol. The third kappa shape index (κ3) is 2.37. The summed E-state index contributed by atoms with van der Waals surface area (Å²) >= 11 is 11.7. The van der Waals surface area contributed by atoms with Crippen LogP contribution in [0.1, 0.15) is 13.3 Å². The number of likely N-dealkylation sites (N-methyl/N-ethyl adjacent to an activating group) is 1. The lowest BCUT2D eigenvalue weighted by Gasteiger charge is -2.14. The lowest BCUT2D eigenvalue weighted by molar-refractivity contribution is -0.132. The van der Waals surface area contributed by atoms with E-state index in [1.807, 2.05) is 0 Å². The van der Waals surface area contributed by atoms with E-state index in [0.29, 0.717) is 6.42 Å². The molecule has 6 heteroatoms. The Labute approximate surface area is 98.9 Å². The molecule has 0 aromatic rings. The van der Waals surface area contributed by atoms with E-state index in [9.17, 15) is 9.59 Å². The van der Waals surface area contributed by atoms with Crippen molar-refractivity contribution in [3.63, 3.8) is 0 Å². The molecule has 0 aromatic carbocycles. The number of alkyl halides is 2. The highest BCUT2D eigenvalue weighted by molar-refractivity contribution is 6.53. The van der Waals surface area contributed by atoms with Crippen LogP contribution in [0.5, 0.6) is 0 Å². The van der Waals surface area contributed by atoms with E-state index in [0.717, 1.165) is 0 Å². The van der Waals surface area contributed by atoms with Crippen LogP contribution in [0.2, 0.25) is 0 Å². The van der Waals surface area contributed by atoms with Crippen molar-refractivity contribution in [2.24, 2.45) is 5.41 Å². The normalized spacial score (nSPS) is 27.0. The number of carbonyl (C=O) groups excluding carboxylic acids is 2. The highest BCUT2D eigenvalue weighted by Crippen LogP contribution is 2.63. The molecule has 4 nitrogen and oxygen atoms in total. The molecule has 1 saturated carbocycles. The summed E-state index contributed by atoms with van der Waals surface area (Å²) in [5.74, 6) is -0.440. The molecule has 0 aliphatic heterocycles. The maximum absolute atomic E-state index is 11.6. The van der Waals surface area contributed by atoms with Gasteiger partial charge in [0.05, 0.1) is 12.0 Å². The average Bonchev–Trinajstić information content (AvgIpc) is 2.62. The summed E-state index contributed by atoms with van der Waals surface area (Å²) in [5.41, 5.74) is -0.761. The molecule has 1 aliphatic rings. The van der Waals surface area contributed by atoms with E-state index in [1.165, 1.54) is 4.90 Å². The first-order valence-corrected chi connectivity index (χ1v) is 5.32. The average molecular weight is 253 g/mol. The molecule has 0 aromatic heterocycles. The number of nitrogens with one attached hydrogen (secondary N) is 1. The Morgan fingerprint density at radius 1 is 1.40 bits per heavy atom. The summed E-state index contributed by atoms with van der Waals surface area (Å²) in [7, 11) is 3.25. The zero-order valence-electron chi connectivity index (χ0n) is 8.93. The maximum Gasteiger partial charge on any atom is 0.241 e. The molecule has 2 amide bonds. The minimum atomic E-state index is -0.988. The van der Waals surface area contributed by atoms with Gasteiger partial charge in [0.2, 0.25) is 11.8 Å². The largest absolute Gasteiger partial charge is 0.347 e. The van der Waals surface area contributed by atoms with Crippen LogP contribution in [-0.2, 0) is 9.59 Å². The van der Waals surface area contributed by atoms with E-state index < -0.39 is 9.75 Å². The lowest BCUT2D eigenvalue weighted by atomic mass is 10.1. The molecule has 0 bridgehead atoms. The van der Waals surface area contributed by atoms with E-state index in [2.05, 4.69) is 5.32 Å². The second-order valence-corrected chi connectivity index (χ2v) is 5.67.